The van der Waals surface area contributed by atoms with Gasteiger partial charge in [0, 0.05) is 36.7 Å². The number of H-pyrrole nitrogens is 1. The maximum atomic E-state index is 13.1. The second-order valence-electron chi connectivity index (χ2n) is 7.56. The number of benzene rings is 1. The minimum absolute atomic E-state index is 0.0469. The number of aromatic nitrogens is 2. The van der Waals surface area contributed by atoms with Crippen LogP contribution in [0, 0.1) is 41.9 Å². The number of hydrogen-bond donors (Lipinski definition) is 2. The molecular weight excluding hydrogens is 374 g/mol. The van der Waals surface area contributed by atoms with Gasteiger partial charge in [0.2, 0.25) is 5.95 Å². The van der Waals surface area contributed by atoms with Gasteiger partial charge in [-0.1, -0.05) is 30.1 Å². The van der Waals surface area contributed by atoms with E-state index in [1.54, 1.807) is 12.4 Å². The maximum absolute atomic E-state index is 13.1. The highest BCUT2D eigenvalue weighted by molar-refractivity contribution is 5.95. The van der Waals surface area contributed by atoms with Crippen molar-refractivity contribution in [2.45, 2.75) is 19.8 Å². The first-order valence-electron chi connectivity index (χ1n) is 10.1. The van der Waals surface area contributed by atoms with E-state index in [9.17, 15) is 4.79 Å². The van der Waals surface area contributed by atoms with E-state index in [-0.39, 0.29) is 11.8 Å². The van der Waals surface area contributed by atoms with Crippen LogP contribution in [0.2, 0.25) is 0 Å². The van der Waals surface area contributed by atoms with Gasteiger partial charge in [0.05, 0.1) is 6.07 Å². The zero-order valence-corrected chi connectivity index (χ0v) is 16.9. The summed E-state index contributed by atoms with van der Waals surface area (Å²) in [7, 11) is 0. The summed E-state index contributed by atoms with van der Waals surface area (Å²) < 4.78 is 0. The molecule has 1 fully saturated rings. The largest absolute Gasteiger partial charge is 0.339 e. The normalized spacial score (nSPS) is 18.6. The molecule has 1 aromatic heterocycles. The molecule has 0 radical (unpaired) electrons. The highest BCUT2D eigenvalue weighted by Gasteiger charge is 2.25. The first kappa shape index (κ1) is 19.5. The maximum Gasteiger partial charge on any atom is 0.253 e. The average molecular weight is 397 g/mol. The number of nitrogens with one attached hydrogen (secondary N) is 2. The molecule has 6 nitrogen and oxygen atoms in total. The number of nitrogens with zero attached hydrogens (tertiary/aromatic N) is 3. The molecule has 0 saturated carbocycles. The van der Waals surface area contributed by atoms with Crippen molar-refractivity contribution in [1.82, 2.24) is 14.9 Å². The van der Waals surface area contributed by atoms with Gasteiger partial charge < -0.3 is 15.2 Å². The van der Waals surface area contributed by atoms with Crippen LogP contribution in [-0.4, -0.2) is 33.9 Å². The zero-order chi connectivity index (χ0) is 20.9. The highest BCUT2D eigenvalue weighted by Crippen LogP contribution is 2.28. The third-order valence-corrected chi connectivity index (χ3v) is 5.59. The summed E-state index contributed by atoms with van der Waals surface area (Å²) in [6, 6.07) is 7.90. The number of allylic oxidation sites excluding steroid dienone is 4. The Hall–Kier alpha value is -3.77. The lowest BCUT2D eigenvalue weighted by Crippen LogP contribution is -2.38. The number of aryl methyl sites for hydroxylation is 1. The van der Waals surface area contributed by atoms with Gasteiger partial charge in [0.25, 0.3) is 5.91 Å². The number of anilines is 2. The Morgan fingerprint density at radius 1 is 1.37 bits per heavy atom. The van der Waals surface area contributed by atoms with Gasteiger partial charge in [-0.05, 0) is 55.0 Å². The van der Waals surface area contributed by atoms with Crippen LogP contribution in [0.25, 0.3) is 0 Å². The molecule has 6 heteroatoms. The van der Waals surface area contributed by atoms with E-state index in [4.69, 9.17) is 5.26 Å². The van der Waals surface area contributed by atoms with E-state index in [0.717, 1.165) is 29.7 Å². The number of imidazole rings is 1. The standard InChI is InChI=1S/C24H23N5O/c1-17-5-7-21(15-22(17)28-24-26-11-12-27-24)23(30)29-13-9-20(10-14-29)19-4-2-3-18(16-25)6-8-19/h4-8,11-12,15,18,20H,9-10,13-14H2,1H3,(H2,26,27,28). The Bertz CT molecular complexity index is 1090. The van der Waals surface area contributed by atoms with E-state index in [1.165, 1.54) is 0 Å². The Morgan fingerprint density at radius 3 is 2.93 bits per heavy atom. The van der Waals surface area contributed by atoms with Crippen molar-refractivity contribution in [3.63, 3.8) is 0 Å². The van der Waals surface area contributed by atoms with E-state index >= 15 is 0 Å². The molecular formula is C24H23N5O. The molecule has 1 aliphatic carbocycles. The molecule has 1 aromatic carbocycles. The summed E-state index contributed by atoms with van der Waals surface area (Å²) in [6.07, 6.45) is 11.0. The summed E-state index contributed by atoms with van der Waals surface area (Å²) in [5.41, 5.74) is 3.74. The van der Waals surface area contributed by atoms with Crippen LogP contribution in [0.1, 0.15) is 28.8 Å². The van der Waals surface area contributed by atoms with Crippen LogP contribution < -0.4 is 5.32 Å². The number of aromatic amines is 1. The quantitative estimate of drug-likeness (QED) is 0.765. The molecule has 4 rings (SSSR count). The summed E-state index contributed by atoms with van der Waals surface area (Å²) in [6.45, 7) is 3.41. The Labute approximate surface area is 176 Å². The Kier molecular flexibility index (Phi) is 5.68. The van der Waals surface area contributed by atoms with Crippen LogP contribution in [0.3, 0.4) is 0 Å². The fraction of sp³-hybridized carbons (Fsp3) is 0.292. The van der Waals surface area contributed by atoms with E-state index in [1.807, 2.05) is 48.3 Å². The van der Waals surface area contributed by atoms with Gasteiger partial charge in [-0.15, -0.1) is 0 Å². The second-order valence-corrected chi connectivity index (χ2v) is 7.56. The number of amides is 1. The van der Waals surface area contributed by atoms with Crippen LogP contribution in [0.4, 0.5) is 11.6 Å². The fourth-order valence-electron chi connectivity index (χ4n) is 3.80. The number of hydrogen-bond acceptors (Lipinski definition) is 4. The molecule has 1 atom stereocenters. The number of carbonyl (C=O) groups is 1. The van der Waals surface area contributed by atoms with Crippen molar-refractivity contribution in [2.75, 3.05) is 18.4 Å². The van der Waals surface area contributed by atoms with Gasteiger partial charge >= 0.3 is 0 Å². The lowest BCUT2D eigenvalue weighted by Gasteiger charge is -2.32. The van der Waals surface area contributed by atoms with Gasteiger partial charge in [0.1, 0.15) is 5.92 Å². The monoisotopic (exact) mass is 397 g/mol. The Balaban J connectivity index is 1.41. The summed E-state index contributed by atoms with van der Waals surface area (Å²) in [4.78, 5) is 22.2. The Morgan fingerprint density at radius 2 is 2.20 bits per heavy atom. The number of likely N-dealkylation sites (tertiary alicyclic amines) is 1. The topological polar surface area (TPSA) is 84.8 Å². The zero-order valence-electron chi connectivity index (χ0n) is 16.9. The minimum Gasteiger partial charge on any atom is -0.339 e. The first-order chi connectivity index (χ1) is 14.6. The molecule has 1 amide bonds. The van der Waals surface area contributed by atoms with E-state index in [0.29, 0.717) is 30.5 Å². The molecule has 2 aliphatic rings. The van der Waals surface area contributed by atoms with Crippen LogP contribution in [-0.2, 0) is 0 Å². The summed E-state index contributed by atoms with van der Waals surface area (Å²) >= 11 is 0. The third kappa shape index (κ3) is 4.29. The second kappa shape index (κ2) is 8.71. The molecule has 1 unspecified atom stereocenters. The van der Waals surface area contributed by atoms with Crippen LogP contribution >= 0.6 is 0 Å². The molecule has 1 aliphatic heterocycles. The van der Waals surface area contributed by atoms with Crippen molar-refractivity contribution >= 4 is 17.5 Å². The molecule has 2 heterocycles. The smallest absolute Gasteiger partial charge is 0.253 e. The van der Waals surface area contributed by atoms with Gasteiger partial charge in [0.15, 0.2) is 0 Å². The van der Waals surface area contributed by atoms with E-state index < -0.39 is 0 Å². The van der Waals surface area contributed by atoms with E-state index in [2.05, 4.69) is 33.2 Å². The predicted octanol–water partition coefficient (Wildman–Crippen LogP) is 3.95. The molecule has 150 valence electrons. The molecule has 1 saturated heterocycles. The number of piperidine rings is 1. The van der Waals surface area contributed by atoms with Crippen molar-refractivity contribution in [1.29, 1.82) is 5.26 Å². The third-order valence-electron chi connectivity index (χ3n) is 5.59. The SMILES string of the molecule is Cc1ccc(C(=O)N2CCC(C3=CC#CC(C#N)C=C3)CC2)cc1Nc1ncc[nH]1. The lowest BCUT2D eigenvalue weighted by molar-refractivity contribution is 0.0703. The minimum atomic E-state index is -0.342. The van der Waals surface area contributed by atoms with Crippen LogP contribution in [0.15, 0.2) is 54.4 Å². The van der Waals surface area contributed by atoms with Crippen molar-refractivity contribution in [3.8, 4) is 17.9 Å². The van der Waals surface area contributed by atoms with Gasteiger partial charge in [-0.2, -0.15) is 5.26 Å². The molecule has 0 bridgehead atoms. The van der Waals surface area contributed by atoms with Gasteiger partial charge in [-0.3, -0.25) is 4.79 Å². The number of rotatable bonds is 4. The lowest BCUT2D eigenvalue weighted by atomic mass is 9.88. The molecule has 2 N–H and O–H groups in total. The number of nitriles is 1. The highest BCUT2D eigenvalue weighted by atomic mass is 16.2. The number of carbonyl (C=O) groups excluding carboxylic acids is 1. The molecule has 2 aromatic rings. The predicted molar refractivity (Wildman–Crippen MR) is 116 cm³/mol. The average Bonchev–Trinajstić information content (AvgIpc) is 3.17. The summed E-state index contributed by atoms with van der Waals surface area (Å²) in [5, 5.41) is 12.3. The van der Waals surface area contributed by atoms with Crippen molar-refractivity contribution in [2.24, 2.45) is 11.8 Å². The van der Waals surface area contributed by atoms with Crippen molar-refractivity contribution in [3.05, 3.63) is 65.5 Å². The molecule has 0 spiro atoms. The first-order valence-corrected chi connectivity index (χ1v) is 10.1. The summed E-state index contributed by atoms with van der Waals surface area (Å²) in [5.74, 6) is 6.64. The fourth-order valence-corrected chi connectivity index (χ4v) is 3.80. The van der Waals surface area contributed by atoms with Crippen molar-refractivity contribution < 1.29 is 4.79 Å². The van der Waals surface area contributed by atoms with Crippen LogP contribution in [0.5, 0.6) is 0 Å². The van der Waals surface area contributed by atoms with Gasteiger partial charge in [-0.25, -0.2) is 4.98 Å². The molecule has 30 heavy (non-hydrogen) atoms.